The van der Waals surface area contributed by atoms with Crippen LogP contribution in [0, 0.1) is 0 Å². The van der Waals surface area contributed by atoms with Crippen molar-refractivity contribution >= 4 is 117 Å². The van der Waals surface area contributed by atoms with Crippen molar-refractivity contribution in [2.45, 2.75) is 0 Å². The van der Waals surface area contributed by atoms with Crippen molar-refractivity contribution in [3.63, 3.8) is 0 Å². The minimum atomic E-state index is -1.01. The fourth-order valence-electron chi connectivity index (χ4n) is 9.28. The molecule has 14 aromatic carbocycles. The van der Waals surface area contributed by atoms with Gasteiger partial charge in [-0.3, -0.25) is 0 Å². The Bertz CT molecular complexity index is 7520. The van der Waals surface area contributed by atoms with E-state index < -0.39 is 387 Å². The largest absolute Gasteiger partial charge is 0.135 e. The minimum Gasteiger partial charge on any atom is -0.135 e. The summed E-state index contributed by atoms with van der Waals surface area (Å²) < 4.78 is 407. The molecule has 76 heavy (non-hydrogen) atoms. The molecule has 0 aliphatic heterocycles. The maximum absolute atomic E-state index is 9.36. The molecule has 0 N–H and O–H groups in total. The summed E-state index contributed by atoms with van der Waals surface area (Å²) in [5.41, 5.74) is -6.16. The molecule has 16 aromatic rings. The van der Waals surface area contributed by atoms with Gasteiger partial charge in [0.05, 0.1) is 63.1 Å². The maximum atomic E-state index is 9.36. The first-order valence-electron chi connectivity index (χ1n) is 45.3. The molecular formula is C74H46S2. The van der Waals surface area contributed by atoms with Gasteiger partial charge in [0.15, 0.2) is 0 Å². The first-order chi connectivity index (χ1) is 56.9. The molecule has 0 spiro atoms. The third-order valence-corrected chi connectivity index (χ3v) is 14.4. The monoisotopic (exact) mass is 1040 g/mol. The fourth-order valence-corrected chi connectivity index (χ4v) is 11.2. The highest BCUT2D eigenvalue weighted by Gasteiger charge is 2.22. The van der Waals surface area contributed by atoms with E-state index in [1.54, 1.807) is 0 Å². The van der Waals surface area contributed by atoms with E-state index in [4.69, 9.17) is 45.2 Å². The van der Waals surface area contributed by atoms with Crippen molar-refractivity contribution in [3.8, 4) is 55.6 Å². The lowest BCUT2D eigenvalue weighted by molar-refractivity contribution is 1.61. The zero-order valence-corrected chi connectivity index (χ0v) is 39.4. The minimum absolute atomic E-state index is 0.0994. The van der Waals surface area contributed by atoms with Gasteiger partial charge in [-0.05, 0) is 134 Å². The van der Waals surface area contributed by atoms with Gasteiger partial charge in [0.2, 0.25) is 0 Å². The molecule has 0 fully saturated rings. The third-order valence-electron chi connectivity index (χ3n) is 12.3. The Morgan fingerprint density at radius 2 is 0.500 bits per heavy atom. The van der Waals surface area contributed by atoms with Crippen molar-refractivity contribution in [3.05, 3.63) is 278 Å². The zero-order valence-electron chi connectivity index (χ0n) is 83.8. The summed E-state index contributed by atoms with van der Waals surface area (Å²) in [6, 6.07) is -37.9. The van der Waals surface area contributed by atoms with Crippen molar-refractivity contribution in [2.24, 2.45) is 0 Å². The normalized spacial score (nSPS) is 20.2. The van der Waals surface area contributed by atoms with Crippen molar-refractivity contribution in [1.82, 2.24) is 0 Å². The van der Waals surface area contributed by atoms with Crippen LogP contribution in [0.4, 0.5) is 0 Å². The lowest BCUT2D eigenvalue weighted by atomic mass is 9.84. The summed E-state index contributed by atoms with van der Waals surface area (Å²) in [5, 5.41) is -7.02. The van der Waals surface area contributed by atoms with E-state index >= 15 is 0 Å². The molecular weight excluding hydrogens is 953 g/mol. The Labute approximate surface area is 513 Å². The van der Waals surface area contributed by atoms with E-state index in [0.29, 0.717) is 22.7 Å². The molecule has 0 unspecified atom stereocenters. The van der Waals surface area contributed by atoms with Crippen LogP contribution in [-0.4, -0.2) is 0 Å². The van der Waals surface area contributed by atoms with Crippen molar-refractivity contribution < 1.29 is 63.1 Å². The van der Waals surface area contributed by atoms with Gasteiger partial charge in [0.1, 0.15) is 0 Å². The topological polar surface area (TPSA) is 0 Å². The van der Waals surface area contributed by atoms with Gasteiger partial charge in [0.25, 0.3) is 0 Å². The van der Waals surface area contributed by atoms with Gasteiger partial charge in [-0.25, -0.2) is 0 Å². The average molecular weight is 1050 g/mol. The summed E-state index contributed by atoms with van der Waals surface area (Å²) in [5.74, 6) is 0. The second kappa shape index (κ2) is 18.3. The van der Waals surface area contributed by atoms with Crippen LogP contribution >= 0.6 is 22.7 Å². The van der Waals surface area contributed by atoms with Gasteiger partial charge in [0, 0.05) is 40.3 Å². The first-order valence-corrected chi connectivity index (χ1v) is 23.9. The van der Waals surface area contributed by atoms with Gasteiger partial charge >= 0.3 is 0 Å². The number of hydrogen-bond donors (Lipinski definition) is 0. The molecule has 0 radical (unpaired) electrons. The summed E-state index contributed by atoms with van der Waals surface area (Å²) in [4.78, 5) is 0. The number of hydrogen-bond acceptors (Lipinski definition) is 2. The molecule has 0 amide bonds. The molecule has 0 saturated heterocycles. The van der Waals surface area contributed by atoms with Gasteiger partial charge in [-0.2, -0.15) is 0 Å². The lowest BCUT2D eigenvalue weighted by Gasteiger charge is -2.19. The molecule has 0 aliphatic rings. The second-order valence-corrected chi connectivity index (χ2v) is 18.3. The standard InChI is InChI=1S/C38H24S.C36H22S/c1-2-11-25(12-3-1)26-21-23-27(24-22-26)36-28-13-4-6-15-30(28)37(31-16-7-5-14-29(31)36)33-18-10-20-35-38(33)32-17-8-9-19-34(32)39-35;1-2-13-24-23(11-1)12-9-19-25(24)34-26-14-3-5-16-28(26)35(29-17-6-4-15-27(29)34)31-20-10-22-33-36(31)30-18-7-8-21-32(30)37-33/h1-24H;1-22H/i1D,2D,3D,4D,5D,6D,7D,8D,9D,10D,11D,12D,13D,14D,15D,16D,17D,18D,19D,20D,21D,22D,23D,24D;1D,2D,3D,4D,5D,6D,7D,8D,9D,10D,11D,12D,13D,14D,15D,16D,17D,18D,19D,20D,21D,22D. The van der Waals surface area contributed by atoms with Crippen LogP contribution in [0.3, 0.4) is 0 Å². The fraction of sp³-hybridized carbons (Fsp3) is 0. The van der Waals surface area contributed by atoms with Crippen LogP contribution in [0.2, 0.25) is 0 Å². The van der Waals surface area contributed by atoms with Crippen LogP contribution in [0.1, 0.15) is 63.1 Å². The lowest BCUT2D eigenvalue weighted by Crippen LogP contribution is -1.92. The number of fused-ring (bicyclic) bond motifs is 11. The van der Waals surface area contributed by atoms with Crippen molar-refractivity contribution in [2.75, 3.05) is 0 Å². The first kappa shape index (κ1) is 18.0. The molecule has 0 saturated carbocycles. The smallest absolute Gasteiger partial charge is 0.0638 e. The Morgan fingerprint density at radius 1 is 0.197 bits per heavy atom. The Hall–Kier alpha value is -9.18. The van der Waals surface area contributed by atoms with E-state index in [2.05, 4.69) is 0 Å². The highest BCUT2D eigenvalue weighted by Crippen LogP contribution is 2.50. The van der Waals surface area contributed by atoms with Gasteiger partial charge in [-0.15, -0.1) is 22.7 Å². The van der Waals surface area contributed by atoms with Crippen LogP contribution in [0.5, 0.6) is 0 Å². The summed E-state index contributed by atoms with van der Waals surface area (Å²) in [6.07, 6.45) is 0. The van der Waals surface area contributed by atoms with E-state index in [9.17, 15) is 17.8 Å². The van der Waals surface area contributed by atoms with E-state index in [0.717, 1.165) is 0 Å². The molecule has 0 atom stereocenters. The summed E-state index contributed by atoms with van der Waals surface area (Å²) in [7, 11) is 0. The van der Waals surface area contributed by atoms with E-state index in [1.807, 2.05) is 0 Å². The highest BCUT2D eigenvalue weighted by molar-refractivity contribution is 7.26. The summed E-state index contributed by atoms with van der Waals surface area (Å²) in [6.45, 7) is 0. The van der Waals surface area contributed by atoms with E-state index in [1.165, 1.54) is 0 Å². The van der Waals surface area contributed by atoms with Crippen LogP contribution < -0.4 is 0 Å². The van der Waals surface area contributed by atoms with Crippen LogP contribution in [0.15, 0.2) is 278 Å². The summed E-state index contributed by atoms with van der Waals surface area (Å²) >= 11 is 1.37. The Balaban J connectivity index is 0.000000190. The molecule has 2 heteroatoms. The van der Waals surface area contributed by atoms with E-state index in [-0.39, 0.29) is 40.3 Å². The maximum Gasteiger partial charge on any atom is 0.0638 e. The molecule has 16 rings (SSSR count). The second-order valence-electron chi connectivity index (χ2n) is 16.3. The SMILES string of the molecule is [2H]c1c([2H])c([2H])c(-c2c([2H])c([2H])c(-c3c4c([2H])c([2H])c([2H])c([2H])c4c(-c4c([2H])c([2H])c([2H])c5sc6c([2H])c([2H])c([2H])c([2H])c6c45)c4c([2H])c([2H])c([2H])c([2H])c34)c([2H])c2[2H])c([2H])c1[2H].[2H]c1c([2H])c([2H])c2c(sc3c([2H])c([2H])c([2H])c(-c4c5c([2H])c([2H])c([2H])c([2H])c5c(-c5c([2H])c([2H])c([2H])c6c([2H])c([2H])c([2H])c([2H])c56)c5c([2H])c([2H])c([2H])c([2H])c45)c32)c1[2H]. The Morgan fingerprint density at radius 3 is 0.974 bits per heavy atom. The molecule has 2 aromatic heterocycles. The molecule has 354 valence electrons. The predicted octanol–water partition coefficient (Wildman–Crippen LogP) is 22.2. The molecule has 0 bridgehead atoms. The van der Waals surface area contributed by atoms with Crippen LogP contribution in [-0.2, 0) is 0 Å². The quantitative estimate of drug-likeness (QED) is 0.151. The average Bonchev–Trinajstić information content (AvgIpc) is 1.10. The molecule has 0 aliphatic carbocycles. The third kappa shape index (κ3) is 7.18. The molecule has 2 heterocycles. The molecule has 0 nitrogen and oxygen atoms in total. The number of thiophene rings is 2. The predicted molar refractivity (Wildman–Crippen MR) is 333 cm³/mol. The van der Waals surface area contributed by atoms with Gasteiger partial charge in [-0.1, -0.05) is 254 Å². The Kier molecular flexibility index (Phi) is 4.34. The number of benzene rings is 14. The van der Waals surface area contributed by atoms with Gasteiger partial charge < -0.3 is 0 Å². The van der Waals surface area contributed by atoms with Crippen LogP contribution in [0.25, 0.3) is 150 Å². The zero-order chi connectivity index (χ0) is 90.1. The van der Waals surface area contributed by atoms with Crippen molar-refractivity contribution in [1.29, 1.82) is 0 Å². The highest BCUT2D eigenvalue weighted by atomic mass is 32.1. The number of rotatable bonds is 5.